The van der Waals surface area contributed by atoms with Crippen LogP contribution >= 0.6 is 11.8 Å². The van der Waals surface area contributed by atoms with Crippen LogP contribution in [0.5, 0.6) is 0 Å². The average molecular weight is 841 g/mol. The van der Waals surface area contributed by atoms with E-state index in [1.165, 1.54) is 61.3 Å². The normalized spacial score (nSPS) is 16.3. The molecule has 3 fully saturated rings. The highest BCUT2D eigenvalue weighted by molar-refractivity contribution is 8.00. The van der Waals surface area contributed by atoms with Crippen molar-refractivity contribution in [2.24, 2.45) is 5.73 Å². The van der Waals surface area contributed by atoms with Gasteiger partial charge in [0, 0.05) is 16.7 Å². The quantitative estimate of drug-likeness (QED) is 0.191. The number of sulfone groups is 2. The zero-order valence-electron chi connectivity index (χ0n) is 32.9. The highest BCUT2D eigenvalue weighted by atomic mass is 32.2. The first kappa shape index (κ1) is 46.2. The van der Waals surface area contributed by atoms with Crippen molar-refractivity contribution in [2.75, 3.05) is 0 Å². The van der Waals surface area contributed by atoms with Gasteiger partial charge < -0.3 is 5.73 Å². The van der Waals surface area contributed by atoms with Crippen LogP contribution in [-0.4, -0.2) is 32.6 Å². The minimum absolute atomic E-state index is 0.181. The average Bonchev–Trinajstić information content (AvgIpc) is 3.28. The molecule has 306 valence electrons. The van der Waals surface area contributed by atoms with Gasteiger partial charge in [0.2, 0.25) is 0 Å². The van der Waals surface area contributed by atoms with Crippen molar-refractivity contribution in [3.63, 3.8) is 0 Å². The Kier molecular flexibility index (Phi) is 18.9. The van der Waals surface area contributed by atoms with Crippen molar-refractivity contribution >= 4 is 31.4 Å². The summed E-state index contributed by atoms with van der Waals surface area (Å²) in [6.45, 7) is 0.448. The Balaban J connectivity index is 0.000000175. The predicted octanol–water partition coefficient (Wildman–Crippen LogP) is 10.6. The third-order valence-electron chi connectivity index (χ3n) is 10.6. The molecule has 4 aromatic carbocycles. The van der Waals surface area contributed by atoms with Crippen molar-refractivity contribution in [1.29, 1.82) is 15.8 Å². The van der Waals surface area contributed by atoms with Gasteiger partial charge in [-0.25, -0.2) is 21.2 Å². The Morgan fingerprint density at radius 3 is 1.24 bits per heavy atom. The Labute approximate surface area is 349 Å². The minimum Gasteiger partial charge on any atom is -0.326 e. The second kappa shape index (κ2) is 23.8. The van der Waals surface area contributed by atoms with Gasteiger partial charge in [-0.05, 0) is 129 Å². The number of nitriles is 3. The van der Waals surface area contributed by atoms with Crippen LogP contribution in [0.15, 0.2) is 112 Å². The Bertz CT molecular complexity index is 2190. The van der Waals surface area contributed by atoms with Crippen LogP contribution in [-0.2, 0) is 26.2 Å². The lowest BCUT2D eigenvalue weighted by atomic mass is 10.0. The molecule has 0 amide bonds. The monoisotopic (exact) mass is 840 g/mol. The molecule has 3 aliphatic carbocycles. The maximum Gasteiger partial charge on any atom is 0.181 e. The summed E-state index contributed by atoms with van der Waals surface area (Å²) in [6.07, 6.45) is 16.4. The van der Waals surface area contributed by atoms with Crippen molar-refractivity contribution in [3.05, 3.63) is 125 Å². The zero-order valence-corrected chi connectivity index (χ0v) is 35.4. The zero-order chi connectivity index (χ0) is 41.8. The van der Waals surface area contributed by atoms with Crippen LogP contribution < -0.4 is 5.73 Å². The highest BCUT2D eigenvalue weighted by Crippen LogP contribution is 2.34. The molecular weight excluding hydrogens is 788 g/mol. The van der Waals surface area contributed by atoms with E-state index in [4.69, 9.17) is 21.5 Å². The van der Waals surface area contributed by atoms with Gasteiger partial charge in [-0.3, -0.25) is 0 Å². The van der Waals surface area contributed by atoms with E-state index in [0.717, 1.165) is 80.6 Å². The van der Waals surface area contributed by atoms with Gasteiger partial charge in [-0.15, -0.1) is 11.8 Å². The van der Waals surface area contributed by atoms with E-state index in [0.29, 0.717) is 27.5 Å². The summed E-state index contributed by atoms with van der Waals surface area (Å²) in [4.78, 5) is 2.10. The molecule has 3 saturated carbocycles. The fraction of sp³-hybridized carbons (Fsp3) is 0.413. The second-order valence-corrected chi connectivity index (χ2v) is 20.6. The van der Waals surface area contributed by atoms with Gasteiger partial charge in [0.25, 0.3) is 0 Å². The molecule has 12 heteroatoms. The van der Waals surface area contributed by atoms with Crippen molar-refractivity contribution in [3.8, 4) is 18.2 Å². The molecule has 3 aliphatic rings. The topological polar surface area (TPSA) is 166 Å². The highest BCUT2D eigenvalue weighted by Gasteiger charge is 2.29. The molecular formula is C46H53FN4O4S3. The summed E-state index contributed by atoms with van der Waals surface area (Å²) in [5.74, 6) is -0.311. The van der Waals surface area contributed by atoms with Crippen LogP contribution in [0.1, 0.15) is 119 Å². The number of halogens is 1. The lowest BCUT2D eigenvalue weighted by molar-refractivity contribution is 0.483. The van der Waals surface area contributed by atoms with Crippen molar-refractivity contribution in [2.45, 2.75) is 133 Å². The Hall–Kier alpha value is -4.51. The molecule has 0 spiro atoms. The third-order valence-corrected chi connectivity index (χ3v) is 16.5. The lowest BCUT2D eigenvalue weighted by Crippen LogP contribution is -2.24. The number of rotatable bonds is 7. The summed E-state index contributed by atoms with van der Waals surface area (Å²) in [6, 6.07) is 32.6. The summed E-state index contributed by atoms with van der Waals surface area (Å²) in [5, 5.41) is 26.0. The molecule has 0 saturated heterocycles. The number of hydrogen-bond donors (Lipinski definition) is 1. The Morgan fingerprint density at radius 1 is 0.517 bits per heavy atom. The van der Waals surface area contributed by atoms with Gasteiger partial charge >= 0.3 is 0 Å². The molecule has 0 aliphatic heterocycles. The van der Waals surface area contributed by atoms with Crippen LogP contribution in [0.4, 0.5) is 4.39 Å². The molecule has 0 atom stereocenters. The van der Waals surface area contributed by atoms with E-state index >= 15 is 0 Å². The molecule has 0 heterocycles. The van der Waals surface area contributed by atoms with Crippen LogP contribution in [0, 0.1) is 39.8 Å². The minimum atomic E-state index is -3.20. The van der Waals surface area contributed by atoms with E-state index in [9.17, 15) is 21.2 Å². The molecule has 58 heavy (non-hydrogen) atoms. The van der Waals surface area contributed by atoms with E-state index in [-0.39, 0.29) is 16.3 Å². The van der Waals surface area contributed by atoms with Crippen molar-refractivity contribution < 1.29 is 21.2 Å². The first-order valence-corrected chi connectivity index (χ1v) is 24.1. The summed E-state index contributed by atoms with van der Waals surface area (Å²) >= 11 is 1.97. The number of thioether (sulfide) groups is 1. The van der Waals surface area contributed by atoms with Gasteiger partial charge in [0.05, 0.1) is 55.2 Å². The lowest BCUT2D eigenvalue weighted by Gasteiger charge is -2.21. The number of nitrogens with two attached hydrogens (primary N) is 1. The predicted molar refractivity (Wildman–Crippen MR) is 229 cm³/mol. The maximum atomic E-state index is 12.4. The van der Waals surface area contributed by atoms with Crippen molar-refractivity contribution in [1.82, 2.24) is 0 Å². The van der Waals surface area contributed by atoms with E-state index in [1.54, 1.807) is 48.5 Å². The molecule has 0 bridgehead atoms. The fourth-order valence-corrected chi connectivity index (χ4v) is 12.1. The molecule has 0 radical (unpaired) electrons. The fourth-order valence-electron chi connectivity index (χ4n) is 7.18. The third kappa shape index (κ3) is 14.4. The largest absolute Gasteiger partial charge is 0.326 e. The Morgan fingerprint density at radius 2 is 0.862 bits per heavy atom. The molecule has 2 N–H and O–H groups in total. The van der Waals surface area contributed by atoms with Gasteiger partial charge in [0.15, 0.2) is 19.7 Å². The first-order chi connectivity index (χ1) is 28.0. The first-order valence-electron chi connectivity index (χ1n) is 20.1. The summed E-state index contributed by atoms with van der Waals surface area (Å²) in [7, 11) is -6.32. The van der Waals surface area contributed by atoms with Gasteiger partial charge in [-0.1, -0.05) is 69.9 Å². The SMILES string of the molecule is N#Cc1ccc(F)cc1.N#Cc1ccc(S(=O)(=O)C2CCCCC2)cc1.N#Cc1ccc(SC2CCCCC2)cc1.NCc1ccc(S(=O)(=O)C2CCCCC2)cc1. The van der Waals surface area contributed by atoms with E-state index < -0.39 is 19.7 Å². The number of nitrogens with zero attached hydrogens (tertiary/aromatic N) is 3. The number of hydrogen-bond acceptors (Lipinski definition) is 9. The molecule has 7 rings (SSSR count). The number of benzene rings is 4. The molecule has 0 aromatic heterocycles. The maximum absolute atomic E-state index is 12.4. The van der Waals surface area contributed by atoms with E-state index in [1.807, 2.05) is 36.0 Å². The summed E-state index contributed by atoms with van der Waals surface area (Å²) < 4.78 is 61.4. The van der Waals surface area contributed by atoms with Gasteiger partial charge in [-0.2, -0.15) is 15.8 Å². The standard InChI is InChI=1S/C13H19NO2S.C13H15NO2S.C13H15NS.C7H4FN/c2*14-10-11-6-8-13(9-7-11)17(15,16)12-4-2-1-3-5-12;14-10-11-6-8-13(9-7-11)15-12-4-2-1-3-5-12;8-7-3-1-6(5-9)2-4-7/h6-9,12H,1-5,10,14H2;6-9,12H,1-5H2;6-9,12H,1-5H2;1-4H. The van der Waals surface area contributed by atoms with Crippen LogP contribution in [0.3, 0.4) is 0 Å². The molecule has 8 nitrogen and oxygen atoms in total. The van der Waals surface area contributed by atoms with E-state index in [2.05, 4.69) is 18.2 Å². The van der Waals surface area contributed by atoms with Gasteiger partial charge in [0.1, 0.15) is 5.82 Å². The second-order valence-electron chi connectivity index (χ2n) is 14.7. The smallest absolute Gasteiger partial charge is 0.181 e. The molecule has 4 aromatic rings. The van der Waals surface area contributed by atoms with Crippen LogP contribution in [0.2, 0.25) is 0 Å². The van der Waals surface area contributed by atoms with Crippen LogP contribution in [0.25, 0.3) is 0 Å². The molecule has 0 unspecified atom stereocenters. The summed E-state index contributed by atoms with van der Waals surface area (Å²) in [5.41, 5.74) is 8.20.